The number of hydrogen-bond donors (Lipinski definition) is 2. The molecule has 0 bridgehead atoms. The van der Waals surface area contributed by atoms with Crippen molar-refractivity contribution in [1.29, 1.82) is 0 Å². The molecule has 1 aromatic carbocycles. The van der Waals surface area contributed by atoms with E-state index in [1.54, 1.807) is 0 Å². The third kappa shape index (κ3) is 2.58. The summed E-state index contributed by atoms with van der Waals surface area (Å²) in [6.45, 7) is 4.32. The van der Waals surface area contributed by atoms with Gasteiger partial charge in [-0.05, 0) is 30.9 Å². The standard InChI is InChI=1S/C13H19NO/c1-11-4-2-3-5-12(11)8-14-9-13(10-15)6-7-13/h2-5,14-15H,6-10H2,1H3. The first kappa shape index (κ1) is 10.7. The fourth-order valence-corrected chi connectivity index (χ4v) is 1.84. The summed E-state index contributed by atoms with van der Waals surface area (Å²) in [5.41, 5.74) is 2.90. The van der Waals surface area contributed by atoms with Gasteiger partial charge >= 0.3 is 0 Å². The van der Waals surface area contributed by atoms with Gasteiger partial charge in [-0.25, -0.2) is 0 Å². The second-order valence-corrected chi connectivity index (χ2v) is 4.69. The normalized spacial score (nSPS) is 17.7. The number of rotatable bonds is 5. The summed E-state index contributed by atoms with van der Waals surface area (Å²) in [5.74, 6) is 0. The highest BCUT2D eigenvalue weighted by Gasteiger charge is 2.41. The molecular weight excluding hydrogens is 186 g/mol. The molecule has 0 radical (unpaired) electrons. The van der Waals surface area contributed by atoms with Crippen LogP contribution >= 0.6 is 0 Å². The highest BCUT2D eigenvalue weighted by Crippen LogP contribution is 2.44. The lowest BCUT2D eigenvalue weighted by molar-refractivity contribution is 0.207. The van der Waals surface area contributed by atoms with Crippen LogP contribution in [-0.2, 0) is 6.54 Å². The number of benzene rings is 1. The Morgan fingerprint density at radius 2 is 2.07 bits per heavy atom. The lowest BCUT2D eigenvalue weighted by Crippen LogP contribution is -2.26. The second-order valence-electron chi connectivity index (χ2n) is 4.69. The van der Waals surface area contributed by atoms with E-state index >= 15 is 0 Å². The predicted molar refractivity (Wildman–Crippen MR) is 61.6 cm³/mol. The van der Waals surface area contributed by atoms with Crippen LogP contribution in [0.5, 0.6) is 0 Å². The smallest absolute Gasteiger partial charge is 0.0499 e. The second kappa shape index (κ2) is 4.33. The minimum Gasteiger partial charge on any atom is -0.396 e. The molecule has 0 atom stereocenters. The number of nitrogens with one attached hydrogen (secondary N) is 1. The maximum Gasteiger partial charge on any atom is 0.0499 e. The maximum absolute atomic E-state index is 9.17. The molecule has 82 valence electrons. The van der Waals surface area contributed by atoms with Crippen molar-refractivity contribution in [2.45, 2.75) is 26.3 Å². The minimum atomic E-state index is 0.211. The van der Waals surface area contributed by atoms with Crippen molar-refractivity contribution >= 4 is 0 Å². The minimum absolute atomic E-state index is 0.211. The van der Waals surface area contributed by atoms with Crippen LogP contribution in [0.1, 0.15) is 24.0 Å². The van der Waals surface area contributed by atoms with Crippen LogP contribution in [0, 0.1) is 12.3 Å². The molecule has 2 heteroatoms. The van der Waals surface area contributed by atoms with E-state index in [-0.39, 0.29) is 5.41 Å². The Kier molecular flexibility index (Phi) is 3.08. The van der Waals surface area contributed by atoms with E-state index in [1.165, 1.54) is 24.0 Å². The van der Waals surface area contributed by atoms with Crippen LogP contribution in [-0.4, -0.2) is 18.3 Å². The molecule has 0 aliphatic heterocycles. The van der Waals surface area contributed by atoms with Gasteiger partial charge in [-0.2, -0.15) is 0 Å². The van der Waals surface area contributed by atoms with Crippen molar-refractivity contribution in [3.05, 3.63) is 35.4 Å². The van der Waals surface area contributed by atoms with E-state index in [0.717, 1.165) is 13.1 Å². The Morgan fingerprint density at radius 3 is 2.67 bits per heavy atom. The van der Waals surface area contributed by atoms with Crippen molar-refractivity contribution in [2.24, 2.45) is 5.41 Å². The van der Waals surface area contributed by atoms with Crippen molar-refractivity contribution in [3.63, 3.8) is 0 Å². The quantitative estimate of drug-likeness (QED) is 0.769. The van der Waals surface area contributed by atoms with E-state index < -0.39 is 0 Å². The van der Waals surface area contributed by atoms with Crippen LogP contribution in [0.3, 0.4) is 0 Å². The molecule has 0 amide bonds. The Balaban J connectivity index is 1.81. The summed E-state index contributed by atoms with van der Waals surface area (Å²) in [6, 6.07) is 8.43. The van der Waals surface area contributed by atoms with Gasteiger partial charge in [0.25, 0.3) is 0 Å². The van der Waals surface area contributed by atoms with Gasteiger partial charge < -0.3 is 10.4 Å². The molecular formula is C13H19NO. The highest BCUT2D eigenvalue weighted by atomic mass is 16.3. The van der Waals surface area contributed by atoms with Crippen LogP contribution in [0.4, 0.5) is 0 Å². The number of hydrogen-bond acceptors (Lipinski definition) is 2. The molecule has 15 heavy (non-hydrogen) atoms. The topological polar surface area (TPSA) is 32.3 Å². The van der Waals surface area contributed by atoms with Crippen molar-refractivity contribution < 1.29 is 5.11 Å². The molecule has 1 saturated carbocycles. The van der Waals surface area contributed by atoms with Crippen LogP contribution < -0.4 is 5.32 Å². The summed E-state index contributed by atoms with van der Waals surface area (Å²) in [6.07, 6.45) is 2.34. The zero-order valence-corrected chi connectivity index (χ0v) is 9.29. The Labute approximate surface area is 91.3 Å². The third-order valence-corrected chi connectivity index (χ3v) is 3.37. The summed E-state index contributed by atoms with van der Waals surface area (Å²) in [5, 5.41) is 12.6. The lowest BCUT2D eigenvalue weighted by atomic mass is 10.1. The van der Waals surface area contributed by atoms with E-state index in [1.807, 2.05) is 0 Å². The van der Waals surface area contributed by atoms with Crippen LogP contribution in [0.25, 0.3) is 0 Å². The predicted octanol–water partition coefficient (Wildman–Crippen LogP) is 1.86. The number of aliphatic hydroxyl groups excluding tert-OH is 1. The largest absolute Gasteiger partial charge is 0.396 e. The van der Waals surface area contributed by atoms with Crippen molar-refractivity contribution in [2.75, 3.05) is 13.2 Å². The average Bonchev–Trinajstić information content (AvgIpc) is 3.02. The fourth-order valence-electron chi connectivity index (χ4n) is 1.84. The first-order valence-corrected chi connectivity index (χ1v) is 5.62. The van der Waals surface area contributed by atoms with E-state index in [0.29, 0.717) is 6.61 Å². The summed E-state index contributed by atoms with van der Waals surface area (Å²) in [4.78, 5) is 0. The summed E-state index contributed by atoms with van der Waals surface area (Å²) in [7, 11) is 0. The fraction of sp³-hybridized carbons (Fsp3) is 0.538. The van der Waals surface area contributed by atoms with E-state index in [9.17, 15) is 0 Å². The Morgan fingerprint density at radius 1 is 1.33 bits per heavy atom. The molecule has 1 fully saturated rings. The molecule has 0 heterocycles. The molecule has 0 unspecified atom stereocenters. The van der Waals surface area contributed by atoms with Gasteiger partial charge in [0.1, 0.15) is 0 Å². The number of aryl methyl sites for hydroxylation is 1. The Bertz CT molecular complexity index is 331. The molecule has 0 saturated heterocycles. The third-order valence-electron chi connectivity index (χ3n) is 3.37. The molecule has 1 aliphatic carbocycles. The van der Waals surface area contributed by atoms with Gasteiger partial charge in [-0.1, -0.05) is 24.3 Å². The monoisotopic (exact) mass is 205 g/mol. The molecule has 2 nitrogen and oxygen atoms in total. The first-order chi connectivity index (χ1) is 7.26. The Hall–Kier alpha value is -0.860. The summed E-state index contributed by atoms with van der Waals surface area (Å²) < 4.78 is 0. The van der Waals surface area contributed by atoms with Crippen molar-refractivity contribution in [1.82, 2.24) is 5.32 Å². The average molecular weight is 205 g/mol. The van der Waals surface area contributed by atoms with Gasteiger partial charge in [0.15, 0.2) is 0 Å². The molecule has 1 aliphatic rings. The molecule has 1 aromatic rings. The first-order valence-electron chi connectivity index (χ1n) is 5.62. The van der Waals surface area contributed by atoms with E-state index in [2.05, 4.69) is 36.5 Å². The molecule has 2 rings (SSSR count). The molecule has 0 aromatic heterocycles. The van der Waals surface area contributed by atoms with Gasteiger partial charge in [0.05, 0.1) is 0 Å². The van der Waals surface area contributed by atoms with Gasteiger partial charge in [-0.3, -0.25) is 0 Å². The lowest BCUT2D eigenvalue weighted by Gasteiger charge is -2.13. The zero-order valence-electron chi connectivity index (χ0n) is 9.29. The maximum atomic E-state index is 9.17. The zero-order chi connectivity index (χ0) is 10.7. The van der Waals surface area contributed by atoms with Crippen molar-refractivity contribution in [3.8, 4) is 0 Å². The molecule has 0 spiro atoms. The van der Waals surface area contributed by atoms with Gasteiger partial charge in [0, 0.05) is 25.1 Å². The SMILES string of the molecule is Cc1ccccc1CNCC1(CO)CC1. The van der Waals surface area contributed by atoms with Crippen LogP contribution in [0.2, 0.25) is 0 Å². The van der Waals surface area contributed by atoms with Gasteiger partial charge in [-0.15, -0.1) is 0 Å². The number of aliphatic hydroxyl groups is 1. The van der Waals surface area contributed by atoms with Gasteiger partial charge in [0.2, 0.25) is 0 Å². The van der Waals surface area contributed by atoms with E-state index in [4.69, 9.17) is 5.11 Å². The highest BCUT2D eigenvalue weighted by molar-refractivity contribution is 5.25. The summed E-state index contributed by atoms with van der Waals surface area (Å²) >= 11 is 0. The molecule has 2 N–H and O–H groups in total. The van der Waals surface area contributed by atoms with Crippen LogP contribution in [0.15, 0.2) is 24.3 Å².